The highest BCUT2D eigenvalue weighted by atomic mass is 79.9. The quantitative estimate of drug-likeness (QED) is 0.877. The number of carbonyl (C=O) groups is 2. The molecule has 108 valence electrons. The lowest BCUT2D eigenvalue weighted by Crippen LogP contribution is -2.51. The summed E-state index contributed by atoms with van der Waals surface area (Å²) in [4.78, 5) is 24.9. The molecule has 0 aromatic heterocycles. The minimum atomic E-state index is -1.07. The summed E-state index contributed by atoms with van der Waals surface area (Å²) in [5, 5.41) is 9.35. The molecule has 7 heteroatoms. The number of halogens is 2. The second-order valence-corrected chi connectivity index (χ2v) is 5.93. The van der Waals surface area contributed by atoms with Crippen LogP contribution in [0, 0.1) is 0 Å². The van der Waals surface area contributed by atoms with Gasteiger partial charge in [0.05, 0.1) is 23.2 Å². The molecule has 1 amide bonds. The number of amides is 1. The van der Waals surface area contributed by atoms with Crippen LogP contribution in [-0.2, 0) is 9.53 Å². The summed E-state index contributed by atoms with van der Waals surface area (Å²) in [6, 6.07) is 4.97. The highest BCUT2D eigenvalue weighted by molar-refractivity contribution is 9.10. The first-order chi connectivity index (χ1) is 9.38. The Morgan fingerprint density at radius 1 is 1.45 bits per heavy atom. The monoisotopic (exact) mass is 361 g/mol. The lowest BCUT2D eigenvalue weighted by Gasteiger charge is -2.35. The first kappa shape index (κ1) is 15.3. The van der Waals surface area contributed by atoms with Crippen LogP contribution in [0.15, 0.2) is 22.7 Å². The number of hydrogen-bond acceptors (Lipinski definition) is 3. The largest absolute Gasteiger partial charge is 0.479 e. The fraction of sp³-hybridized carbons (Fsp3) is 0.385. The van der Waals surface area contributed by atoms with Crippen LogP contribution in [0.3, 0.4) is 0 Å². The maximum atomic E-state index is 12.4. The summed E-state index contributed by atoms with van der Waals surface area (Å²) < 4.78 is 6.06. The number of carboxylic acid groups (broad SMARTS) is 1. The molecular weight excluding hydrogens is 350 g/mol. The van der Waals surface area contributed by atoms with E-state index in [9.17, 15) is 9.59 Å². The predicted molar refractivity (Wildman–Crippen MR) is 77.0 cm³/mol. The highest BCUT2D eigenvalue weighted by Gasteiger charge is 2.33. The van der Waals surface area contributed by atoms with Gasteiger partial charge in [0.25, 0.3) is 5.91 Å². The third kappa shape index (κ3) is 3.31. The zero-order valence-corrected chi connectivity index (χ0v) is 13.0. The lowest BCUT2D eigenvalue weighted by atomic mass is 10.1. The second kappa shape index (κ2) is 6.11. The third-order valence-corrected chi connectivity index (χ3v) is 3.79. The number of benzene rings is 1. The van der Waals surface area contributed by atoms with Crippen molar-refractivity contribution in [2.24, 2.45) is 0 Å². The van der Waals surface area contributed by atoms with Gasteiger partial charge in [0.15, 0.2) is 6.10 Å². The van der Waals surface area contributed by atoms with Gasteiger partial charge in [-0.15, -0.1) is 0 Å². The van der Waals surface area contributed by atoms with Gasteiger partial charge in [-0.3, -0.25) is 4.79 Å². The molecule has 20 heavy (non-hydrogen) atoms. The van der Waals surface area contributed by atoms with Crippen molar-refractivity contribution in [2.75, 3.05) is 13.1 Å². The zero-order valence-electron chi connectivity index (χ0n) is 10.7. The van der Waals surface area contributed by atoms with E-state index in [0.29, 0.717) is 17.1 Å². The van der Waals surface area contributed by atoms with Crippen molar-refractivity contribution in [3.63, 3.8) is 0 Å². The van der Waals surface area contributed by atoms with Crippen molar-refractivity contribution in [1.82, 2.24) is 4.90 Å². The van der Waals surface area contributed by atoms with Crippen LogP contribution in [-0.4, -0.2) is 47.2 Å². The van der Waals surface area contributed by atoms with E-state index in [0.717, 1.165) is 4.47 Å². The Hall–Kier alpha value is -1.11. The van der Waals surface area contributed by atoms with E-state index in [-0.39, 0.29) is 18.6 Å². The van der Waals surface area contributed by atoms with E-state index < -0.39 is 12.1 Å². The van der Waals surface area contributed by atoms with Gasteiger partial charge >= 0.3 is 5.97 Å². The number of rotatable bonds is 2. The van der Waals surface area contributed by atoms with Crippen molar-refractivity contribution in [3.05, 3.63) is 33.3 Å². The van der Waals surface area contributed by atoms with Gasteiger partial charge in [-0.05, 0) is 25.1 Å². The van der Waals surface area contributed by atoms with Gasteiger partial charge < -0.3 is 14.7 Å². The molecule has 0 aliphatic carbocycles. The standard InChI is InChI=1S/C13H13BrClNO4/c1-7-5-16(6-11(20-7)13(18)19)12(17)9-3-2-8(14)4-10(9)15/h2-4,7,11H,5-6H2,1H3,(H,18,19)/t7-,11?/m1/s1. The molecule has 0 spiro atoms. The minimum absolute atomic E-state index is 0.0187. The van der Waals surface area contributed by atoms with E-state index in [1.807, 2.05) is 0 Å². The summed E-state index contributed by atoms with van der Waals surface area (Å²) in [5.41, 5.74) is 0.355. The Labute approximate surface area is 129 Å². The van der Waals surface area contributed by atoms with Crippen LogP contribution in [0.4, 0.5) is 0 Å². The van der Waals surface area contributed by atoms with E-state index in [1.165, 1.54) is 4.90 Å². The Kier molecular flexibility index (Phi) is 4.67. The molecule has 1 N–H and O–H groups in total. The smallest absolute Gasteiger partial charge is 0.334 e. The Balaban J connectivity index is 2.21. The molecule has 1 aliphatic rings. The molecular formula is C13H13BrClNO4. The molecule has 1 unspecified atom stereocenters. The second-order valence-electron chi connectivity index (χ2n) is 4.61. The van der Waals surface area contributed by atoms with Gasteiger partial charge in [-0.1, -0.05) is 27.5 Å². The molecule has 1 aromatic rings. The Morgan fingerprint density at radius 3 is 2.75 bits per heavy atom. The fourth-order valence-corrected chi connectivity index (χ4v) is 2.84. The molecule has 0 bridgehead atoms. The van der Waals surface area contributed by atoms with Crippen molar-refractivity contribution in [1.29, 1.82) is 0 Å². The van der Waals surface area contributed by atoms with Crippen LogP contribution in [0.5, 0.6) is 0 Å². The van der Waals surface area contributed by atoms with E-state index >= 15 is 0 Å². The maximum absolute atomic E-state index is 12.4. The van der Waals surface area contributed by atoms with Crippen molar-refractivity contribution in [3.8, 4) is 0 Å². The molecule has 0 saturated carbocycles. The number of hydrogen-bond donors (Lipinski definition) is 1. The first-order valence-electron chi connectivity index (χ1n) is 6.01. The van der Waals surface area contributed by atoms with E-state index in [1.54, 1.807) is 25.1 Å². The molecule has 2 rings (SSSR count). The molecule has 1 heterocycles. The number of ether oxygens (including phenoxy) is 1. The molecule has 1 aromatic carbocycles. The van der Waals surface area contributed by atoms with Gasteiger partial charge in [0.2, 0.25) is 0 Å². The number of aliphatic carboxylic acids is 1. The lowest BCUT2D eigenvalue weighted by molar-refractivity contribution is -0.160. The number of nitrogens with zero attached hydrogens (tertiary/aromatic N) is 1. The van der Waals surface area contributed by atoms with Crippen LogP contribution in [0.2, 0.25) is 5.02 Å². The van der Waals surface area contributed by atoms with Gasteiger partial charge in [0, 0.05) is 11.0 Å². The Morgan fingerprint density at radius 2 is 2.15 bits per heavy atom. The van der Waals surface area contributed by atoms with Crippen LogP contribution >= 0.6 is 27.5 Å². The Bertz CT molecular complexity index is 551. The van der Waals surface area contributed by atoms with Crippen LogP contribution in [0.1, 0.15) is 17.3 Å². The molecule has 1 fully saturated rings. The fourth-order valence-electron chi connectivity index (χ4n) is 2.09. The average Bonchev–Trinajstić information content (AvgIpc) is 2.37. The molecule has 1 aliphatic heterocycles. The molecule has 0 radical (unpaired) electrons. The summed E-state index contributed by atoms with van der Waals surface area (Å²) >= 11 is 9.33. The molecule has 1 saturated heterocycles. The number of carbonyl (C=O) groups excluding carboxylic acids is 1. The average molecular weight is 363 g/mol. The minimum Gasteiger partial charge on any atom is -0.479 e. The molecule has 2 atom stereocenters. The summed E-state index contributed by atoms with van der Waals surface area (Å²) in [6.45, 7) is 2.10. The van der Waals surface area contributed by atoms with Crippen molar-refractivity contribution >= 4 is 39.4 Å². The number of carboxylic acids is 1. The van der Waals surface area contributed by atoms with Crippen molar-refractivity contribution in [2.45, 2.75) is 19.1 Å². The maximum Gasteiger partial charge on any atom is 0.334 e. The number of morpholine rings is 1. The van der Waals surface area contributed by atoms with Gasteiger partial charge in [0.1, 0.15) is 0 Å². The highest BCUT2D eigenvalue weighted by Crippen LogP contribution is 2.24. The van der Waals surface area contributed by atoms with E-state index in [2.05, 4.69) is 15.9 Å². The van der Waals surface area contributed by atoms with E-state index in [4.69, 9.17) is 21.4 Å². The van der Waals surface area contributed by atoms with Gasteiger partial charge in [-0.2, -0.15) is 0 Å². The third-order valence-electron chi connectivity index (χ3n) is 2.98. The predicted octanol–water partition coefficient (Wildman–Crippen LogP) is 2.42. The summed E-state index contributed by atoms with van der Waals surface area (Å²) in [5.74, 6) is -1.36. The first-order valence-corrected chi connectivity index (χ1v) is 7.18. The van der Waals surface area contributed by atoms with Crippen molar-refractivity contribution < 1.29 is 19.4 Å². The molecule has 5 nitrogen and oxygen atoms in total. The van der Waals surface area contributed by atoms with Gasteiger partial charge in [-0.25, -0.2) is 4.79 Å². The van der Waals surface area contributed by atoms with Crippen LogP contribution < -0.4 is 0 Å². The summed E-state index contributed by atoms with van der Waals surface area (Å²) in [7, 11) is 0. The normalized spacial score (nSPS) is 22.6. The SMILES string of the molecule is C[C@@H]1CN(C(=O)c2ccc(Br)cc2Cl)CC(C(=O)O)O1. The van der Waals surface area contributed by atoms with Crippen LogP contribution in [0.25, 0.3) is 0 Å². The summed E-state index contributed by atoms with van der Waals surface area (Å²) in [6.07, 6.45) is -1.33. The topological polar surface area (TPSA) is 66.8 Å². The zero-order chi connectivity index (χ0) is 14.9.